The summed E-state index contributed by atoms with van der Waals surface area (Å²) in [7, 11) is 1.63. The Kier molecular flexibility index (Phi) is 17.0. The summed E-state index contributed by atoms with van der Waals surface area (Å²) in [5.74, 6) is 1.40. The summed E-state index contributed by atoms with van der Waals surface area (Å²) in [4.78, 5) is 23.9. The lowest BCUT2D eigenvalue weighted by atomic mass is 9.55. The van der Waals surface area contributed by atoms with E-state index in [2.05, 4.69) is 37.8 Å². The van der Waals surface area contributed by atoms with Gasteiger partial charge in [0.25, 0.3) is 0 Å². The molecule has 60 heavy (non-hydrogen) atoms. The second-order valence-electron chi connectivity index (χ2n) is 15.8. The molecule has 3 aromatic rings. The predicted octanol–water partition coefficient (Wildman–Crippen LogP) is 9.00. The molecule has 3 aromatic carbocycles. The van der Waals surface area contributed by atoms with Gasteiger partial charge in [-0.25, -0.2) is 0 Å². The zero-order chi connectivity index (χ0) is 42.3. The van der Waals surface area contributed by atoms with Gasteiger partial charge in [0, 0.05) is 48.3 Å². The number of allylic oxidation sites excluding steroid dienone is 1. The van der Waals surface area contributed by atoms with Crippen LogP contribution in [0.25, 0.3) is 0 Å². The molecule has 0 bridgehead atoms. The Hall–Kier alpha value is -4.29. The van der Waals surface area contributed by atoms with E-state index >= 15 is 0 Å². The van der Waals surface area contributed by atoms with Crippen molar-refractivity contribution in [2.24, 2.45) is 22.9 Å². The van der Waals surface area contributed by atoms with Gasteiger partial charge >= 0.3 is 0 Å². The Labute approximate surface area is 361 Å². The maximum atomic E-state index is 14.8. The van der Waals surface area contributed by atoms with Crippen molar-refractivity contribution in [2.45, 2.75) is 94.3 Å². The molecule has 1 heterocycles. The van der Waals surface area contributed by atoms with Gasteiger partial charge in [-0.1, -0.05) is 67.4 Å². The summed E-state index contributed by atoms with van der Waals surface area (Å²) < 4.78 is 26.5. The first-order valence-electron chi connectivity index (χ1n) is 21.8. The first-order chi connectivity index (χ1) is 29.4. The average Bonchev–Trinajstić information content (AvgIpc) is 3.27. The highest BCUT2D eigenvalue weighted by Gasteiger charge is 2.65. The fourth-order valence-electron chi connectivity index (χ4n) is 9.47. The third kappa shape index (κ3) is 10.6. The average molecular weight is 841 g/mol. The number of ether oxygens (including phenoxy) is 4. The van der Waals surface area contributed by atoms with Gasteiger partial charge in [-0.2, -0.15) is 0 Å². The number of thioether (sulfide) groups is 1. The zero-order valence-electron chi connectivity index (χ0n) is 35.6. The van der Waals surface area contributed by atoms with Gasteiger partial charge in [-0.05, 0) is 104 Å². The maximum Gasteiger partial charge on any atom is 0.239 e. The molecule has 0 saturated heterocycles. The van der Waals surface area contributed by atoms with Crippen LogP contribution in [-0.2, 0) is 20.8 Å². The molecule has 0 radical (unpaired) electrons. The lowest BCUT2D eigenvalue weighted by molar-refractivity contribution is -0.257. The number of fused-ring (bicyclic) bond motifs is 2. The van der Waals surface area contributed by atoms with Crippen molar-refractivity contribution in [1.82, 2.24) is 4.90 Å². The number of amides is 1. The van der Waals surface area contributed by atoms with E-state index in [1.807, 2.05) is 66.4 Å². The van der Waals surface area contributed by atoms with Gasteiger partial charge in [0.1, 0.15) is 29.9 Å². The number of hydrogen-bond donors (Lipinski definition) is 2. The van der Waals surface area contributed by atoms with Crippen LogP contribution in [0, 0.1) is 17.8 Å². The standard InChI is InChI=1S/C49H64N2O8S/c1-5-24-51(46(54)31-35-16-15-18-37(30-35)55-4)45-34-43(50-58-7-3)41-32-36(17-11-13-25-52)40(21-12-14-26-53)47-42-33-38(56-28-29-60-39-19-9-8-10-20-39)22-23-44(42)59-49(45,48(41)47)57-27-6-2/h6,8-10,15-16,18-20,22-23,30,32-33,36,40,45,47-48,52-53H,2,5,7,11-14,17,21,24-29,31,34H2,1,3-4H3/t36-,40+,45-,47+,48+,49+/m0/s1. The third-order valence-electron chi connectivity index (χ3n) is 12.0. The van der Waals surface area contributed by atoms with E-state index in [1.54, 1.807) is 24.9 Å². The van der Waals surface area contributed by atoms with Crippen LogP contribution in [0.1, 0.15) is 82.3 Å². The molecule has 3 aliphatic rings. The number of aliphatic hydroxyl groups is 2. The van der Waals surface area contributed by atoms with Crippen molar-refractivity contribution in [3.05, 3.63) is 108 Å². The summed E-state index contributed by atoms with van der Waals surface area (Å²) in [5.41, 5.74) is 3.72. The number of carbonyl (C=O) groups is 1. The van der Waals surface area contributed by atoms with Gasteiger partial charge in [-0.15, -0.1) is 18.3 Å². The number of carbonyl (C=O) groups excluding carboxylic acids is 1. The van der Waals surface area contributed by atoms with Crippen LogP contribution in [0.5, 0.6) is 17.2 Å². The fraction of sp³-hybridized carbons (Fsp3) is 0.510. The number of benzene rings is 3. The van der Waals surface area contributed by atoms with Crippen molar-refractivity contribution in [3.63, 3.8) is 0 Å². The van der Waals surface area contributed by atoms with Gasteiger partial charge in [0.15, 0.2) is 0 Å². The highest BCUT2D eigenvalue weighted by atomic mass is 32.2. The molecule has 0 aromatic heterocycles. The molecule has 2 N–H and O–H groups in total. The largest absolute Gasteiger partial charge is 0.497 e. The topological polar surface area (TPSA) is 119 Å². The van der Waals surface area contributed by atoms with Gasteiger partial charge in [0.05, 0.1) is 38.4 Å². The van der Waals surface area contributed by atoms with Gasteiger partial charge in [0.2, 0.25) is 11.7 Å². The minimum atomic E-state index is -1.30. The first kappa shape index (κ1) is 45.2. The Morgan fingerprint density at radius 1 is 1.00 bits per heavy atom. The normalized spacial score (nSPS) is 23.4. The number of hydrogen-bond acceptors (Lipinski definition) is 10. The second kappa shape index (κ2) is 22.5. The minimum Gasteiger partial charge on any atom is -0.497 e. The fourth-order valence-corrected chi connectivity index (χ4v) is 10.2. The van der Waals surface area contributed by atoms with E-state index in [9.17, 15) is 15.0 Å². The van der Waals surface area contributed by atoms with E-state index < -0.39 is 11.8 Å². The summed E-state index contributed by atoms with van der Waals surface area (Å²) in [6.45, 7) is 9.95. The highest BCUT2D eigenvalue weighted by molar-refractivity contribution is 7.99. The molecule has 1 fully saturated rings. The molecule has 0 unspecified atom stereocenters. The Morgan fingerprint density at radius 3 is 2.53 bits per heavy atom. The van der Waals surface area contributed by atoms with Crippen molar-refractivity contribution in [2.75, 3.05) is 52.4 Å². The van der Waals surface area contributed by atoms with E-state index in [1.165, 1.54) is 4.90 Å². The quantitative estimate of drug-likeness (QED) is 0.0394. The van der Waals surface area contributed by atoms with Gasteiger partial charge < -0.3 is 38.9 Å². The predicted molar refractivity (Wildman–Crippen MR) is 238 cm³/mol. The summed E-state index contributed by atoms with van der Waals surface area (Å²) in [5, 5.41) is 24.7. The molecule has 6 rings (SSSR count). The zero-order valence-corrected chi connectivity index (χ0v) is 36.5. The molecule has 1 amide bonds. The molecule has 10 nitrogen and oxygen atoms in total. The monoisotopic (exact) mass is 840 g/mol. The molecule has 0 spiro atoms. The smallest absolute Gasteiger partial charge is 0.239 e. The summed E-state index contributed by atoms with van der Waals surface area (Å²) in [6, 6.07) is 23.6. The van der Waals surface area contributed by atoms with Crippen molar-refractivity contribution in [3.8, 4) is 17.2 Å². The molecule has 1 aliphatic heterocycles. The van der Waals surface area contributed by atoms with Crippen molar-refractivity contribution in [1.29, 1.82) is 0 Å². The molecule has 11 heteroatoms. The number of nitrogens with zero attached hydrogens (tertiary/aromatic N) is 2. The SMILES string of the molecule is C=CCO[C@@]12Oc3ccc(OCCSc4ccccc4)cc3[C@H]3[C@H](CCCCO)[C@@H](CCCCO)C=C(C(=NOCC)C[C@@H]1N(CCC)C(=O)Cc1cccc(OC)c1)[C@H]32. The summed E-state index contributed by atoms with van der Waals surface area (Å²) >= 11 is 1.76. The van der Waals surface area contributed by atoms with Crippen LogP contribution in [0.2, 0.25) is 0 Å². The third-order valence-corrected chi connectivity index (χ3v) is 12.9. The number of oxime groups is 1. The van der Waals surface area contributed by atoms with E-state index in [-0.39, 0.29) is 55.8 Å². The molecule has 6 atom stereocenters. The minimum absolute atomic E-state index is 0.0416. The molecular formula is C49H64N2O8S. The highest BCUT2D eigenvalue weighted by Crippen LogP contribution is 2.62. The summed E-state index contributed by atoms with van der Waals surface area (Å²) in [6.07, 6.45) is 10.3. The van der Waals surface area contributed by atoms with Crippen LogP contribution in [0.15, 0.2) is 107 Å². The van der Waals surface area contributed by atoms with E-state index in [0.717, 1.165) is 66.0 Å². The molecule has 1 saturated carbocycles. The van der Waals surface area contributed by atoms with E-state index in [4.69, 9.17) is 28.9 Å². The van der Waals surface area contributed by atoms with Crippen molar-refractivity contribution >= 4 is 23.4 Å². The van der Waals surface area contributed by atoms with Crippen LogP contribution in [0.3, 0.4) is 0 Å². The van der Waals surface area contributed by atoms with Crippen molar-refractivity contribution < 1.29 is 38.8 Å². The number of methoxy groups -OCH3 is 1. The second-order valence-corrected chi connectivity index (χ2v) is 17.0. The van der Waals surface area contributed by atoms with Crippen LogP contribution in [-0.4, -0.2) is 91.0 Å². The maximum absolute atomic E-state index is 14.8. The molecule has 324 valence electrons. The number of aliphatic hydroxyl groups excluding tert-OH is 2. The number of unbranched alkanes of at least 4 members (excludes halogenated alkanes) is 2. The lowest BCUT2D eigenvalue weighted by Crippen LogP contribution is -2.70. The Morgan fingerprint density at radius 2 is 1.80 bits per heavy atom. The van der Waals surface area contributed by atoms with Crippen LogP contribution in [0.4, 0.5) is 0 Å². The Balaban J connectivity index is 1.49. The first-order valence-corrected chi connectivity index (χ1v) is 22.8. The van der Waals surface area contributed by atoms with Crippen LogP contribution < -0.4 is 14.2 Å². The lowest BCUT2D eigenvalue weighted by Gasteiger charge is -2.60. The van der Waals surface area contributed by atoms with Crippen LogP contribution >= 0.6 is 11.8 Å². The molecular weight excluding hydrogens is 777 g/mol. The molecule has 2 aliphatic carbocycles. The van der Waals surface area contributed by atoms with E-state index in [0.29, 0.717) is 50.5 Å². The van der Waals surface area contributed by atoms with Gasteiger partial charge in [-0.3, -0.25) is 4.79 Å². The Bertz CT molecular complexity index is 1900. The number of rotatable bonds is 24.